The Morgan fingerprint density at radius 1 is 1.25 bits per heavy atom. The molecule has 0 saturated heterocycles. The Morgan fingerprint density at radius 2 is 1.93 bits per heavy atom. The molecule has 216 valence electrons. The Bertz CT molecular complexity index is 1360. The maximum absolute atomic E-state index is 14.9. The lowest BCUT2D eigenvalue weighted by molar-refractivity contribution is -0.166. The highest BCUT2D eigenvalue weighted by Crippen LogP contribution is 2.47. The minimum absolute atomic E-state index is 0.0204. The number of aliphatic hydroxyl groups is 1. The van der Waals surface area contributed by atoms with Gasteiger partial charge in [0.2, 0.25) is 0 Å². The Morgan fingerprint density at radius 3 is 2.50 bits per heavy atom. The van der Waals surface area contributed by atoms with Crippen LogP contribution >= 0.6 is 0 Å². The van der Waals surface area contributed by atoms with Crippen molar-refractivity contribution in [3.05, 3.63) is 63.2 Å². The third-order valence-corrected chi connectivity index (χ3v) is 8.68. The van der Waals surface area contributed by atoms with E-state index in [1.165, 1.54) is 20.0 Å². The second kappa shape index (κ2) is 11.0. The van der Waals surface area contributed by atoms with Gasteiger partial charge >= 0.3 is 12.1 Å². The van der Waals surface area contributed by atoms with Gasteiger partial charge in [0.05, 0.1) is 18.1 Å². The molecule has 10 heteroatoms. The largest absolute Gasteiger partial charge is 0.455 e. The molecule has 0 spiro atoms. The van der Waals surface area contributed by atoms with Gasteiger partial charge in [-0.05, 0) is 69.6 Å². The summed E-state index contributed by atoms with van der Waals surface area (Å²) >= 11 is 0. The van der Waals surface area contributed by atoms with Crippen molar-refractivity contribution in [2.24, 2.45) is 13.0 Å². The normalized spacial score (nSPS) is 20.6. The zero-order valence-electron chi connectivity index (χ0n) is 23.3. The van der Waals surface area contributed by atoms with E-state index in [4.69, 9.17) is 4.74 Å². The minimum Gasteiger partial charge on any atom is -0.455 e. The number of benzene rings is 1. The Kier molecular flexibility index (Phi) is 8.19. The van der Waals surface area contributed by atoms with Crippen molar-refractivity contribution in [2.45, 2.75) is 89.3 Å². The molecule has 4 rings (SSSR count). The van der Waals surface area contributed by atoms with Crippen molar-refractivity contribution in [3.63, 3.8) is 0 Å². The highest BCUT2D eigenvalue weighted by atomic mass is 19.4. The molecule has 1 aromatic heterocycles. The van der Waals surface area contributed by atoms with Gasteiger partial charge in [0.1, 0.15) is 11.4 Å². The van der Waals surface area contributed by atoms with Crippen molar-refractivity contribution in [1.29, 1.82) is 5.26 Å². The van der Waals surface area contributed by atoms with Crippen molar-refractivity contribution in [1.82, 2.24) is 9.78 Å². The third kappa shape index (κ3) is 5.67. The van der Waals surface area contributed by atoms with Crippen LogP contribution in [0.5, 0.6) is 0 Å². The molecule has 2 aliphatic rings. The molecule has 1 aliphatic heterocycles. The number of aryl methyl sites for hydroxylation is 2. The zero-order chi connectivity index (χ0) is 29.5. The molecule has 1 saturated carbocycles. The Labute approximate surface area is 231 Å². The lowest BCUT2D eigenvalue weighted by atomic mass is 9.74. The molecule has 6 nitrogen and oxygen atoms in total. The van der Waals surface area contributed by atoms with Gasteiger partial charge in [-0.1, -0.05) is 25.0 Å². The second-order valence-corrected chi connectivity index (χ2v) is 11.6. The van der Waals surface area contributed by atoms with E-state index in [9.17, 15) is 32.7 Å². The van der Waals surface area contributed by atoms with Crippen molar-refractivity contribution in [2.75, 3.05) is 6.61 Å². The Hall–Kier alpha value is -3.19. The molecule has 0 bridgehead atoms. The van der Waals surface area contributed by atoms with Gasteiger partial charge in [0.25, 0.3) is 0 Å². The number of hydrogen-bond donors (Lipinski definition) is 1. The van der Waals surface area contributed by atoms with Crippen LogP contribution in [0.1, 0.15) is 80.5 Å². The number of ether oxygens (including phenoxy) is 1. The first-order valence-corrected chi connectivity index (χ1v) is 13.6. The van der Waals surface area contributed by atoms with Gasteiger partial charge in [0.15, 0.2) is 5.69 Å². The summed E-state index contributed by atoms with van der Waals surface area (Å²) in [6.07, 6.45) is -0.487. The fourth-order valence-electron chi connectivity index (χ4n) is 6.17. The first-order valence-electron chi connectivity index (χ1n) is 13.6. The topological polar surface area (TPSA) is 88.1 Å². The number of carbonyl (C=O) groups excluding carboxylic acids is 1. The molecule has 1 N–H and O–H groups in total. The molecule has 1 atom stereocenters. The van der Waals surface area contributed by atoms with Gasteiger partial charge in [-0.25, -0.2) is 9.18 Å². The van der Waals surface area contributed by atoms with Crippen LogP contribution in [0.25, 0.3) is 0 Å². The van der Waals surface area contributed by atoms with E-state index in [-0.39, 0.29) is 35.6 Å². The molecule has 1 fully saturated rings. The highest BCUT2D eigenvalue weighted by Gasteiger charge is 2.48. The number of alkyl halides is 3. The number of cyclic esters (lactones) is 1. The third-order valence-electron chi connectivity index (χ3n) is 8.68. The average Bonchev–Trinajstić information content (AvgIpc) is 3.53. The van der Waals surface area contributed by atoms with E-state index < -0.39 is 41.3 Å². The monoisotopic (exact) mass is 561 g/mol. The number of esters is 1. The summed E-state index contributed by atoms with van der Waals surface area (Å²) < 4.78 is 63.3. The van der Waals surface area contributed by atoms with E-state index >= 15 is 0 Å². The predicted octanol–water partition coefficient (Wildman–Crippen LogP) is 6.03. The van der Waals surface area contributed by atoms with E-state index in [1.807, 2.05) is 0 Å². The van der Waals surface area contributed by atoms with Gasteiger partial charge < -0.3 is 9.84 Å². The molecular formula is C30H35F4N3O3. The quantitative estimate of drug-likeness (QED) is 0.314. The number of nitriles is 1. The fraction of sp³-hybridized carbons (Fsp3) is 0.567. The summed E-state index contributed by atoms with van der Waals surface area (Å²) in [5.74, 6) is -1.19. The lowest BCUT2D eigenvalue weighted by Crippen LogP contribution is -2.46. The number of nitrogens with zero attached hydrogens (tertiary/aromatic N) is 3. The zero-order valence-corrected chi connectivity index (χ0v) is 23.3. The Balaban J connectivity index is 1.66. The summed E-state index contributed by atoms with van der Waals surface area (Å²) in [6, 6.07) is 6.88. The second-order valence-electron chi connectivity index (χ2n) is 11.6. The summed E-state index contributed by atoms with van der Waals surface area (Å²) in [5.41, 5.74) is -1.43. The predicted molar refractivity (Wildman–Crippen MR) is 140 cm³/mol. The number of rotatable bonds is 8. The molecule has 2 heterocycles. The minimum atomic E-state index is -4.69. The van der Waals surface area contributed by atoms with Crippen LogP contribution in [0.4, 0.5) is 17.6 Å². The van der Waals surface area contributed by atoms with Gasteiger partial charge in [0, 0.05) is 42.3 Å². The van der Waals surface area contributed by atoms with Gasteiger partial charge in [-0.2, -0.15) is 23.5 Å². The van der Waals surface area contributed by atoms with Crippen LogP contribution in [-0.4, -0.2) is 33.1 Å². The van der Waals surface area contributed by atoms with Gasteiger partial charge in [-0.15, -0.1) is 0 Å². The van der Waals surface area contributed by atoms with Crippen molar-refractivity contribution < 1.29 is 32.2 Å². The molecule has 1 aliphatic carbocycles. The number of hydrogen-bond acceptors (Lipinski definition) is 5. The number of halogens is 4. The number of carbonyl (C=O) groups is 1. The van der Waals surface area contributed by atoms with Crippen molar-refractivity contribution in [3.8, 4) is 6.07 Å². The first kappa shape index (κ1) is 29.8. The van der Waals surface area contributed by atoms with Crippen LogP contribution in [0, 0.1) is 30.0 Å². The first-order chi connectivity index (χ1) is 18.7. The van der Waals surface area contributed by atoms with Crippen molar-refractivity contribution >= 4 is 5.97 Å². The highest BCUT2D eigenvalue weighted by molar-refractivity contribution is 5.91. The molecule has 1 aromatic carbocycles. The standard InChI is InChI=1S/C30H35F4N3O3/c1-18-22(26(30(32,33)34)36-37(18)4)14-23-20(16-38)15-29(40-27(23)39,21-7-5-6-8-21)12-11-19-9-10-24(25(31)13-19)28(2,3)17-35/h9-10,13,21,38H,5-8,11-12,14-16H2,1-4H3/t29-/m1/s1. The van der Waals surface area contributed by atoms with Crippen LogP contribution < -0.4 is 0 Å². The summed E-state index contributed by atoms with van der Waals surface area (Å²) in [7, 11) is 1.41. The van der Waals surface area contributed by atoms with Crippen LogP contribution in [-0.2, 0) is 41.0 Å². The smallest absolute Gasteiger partial charge is 0.435 e. The van der Waals surface area contributed by atoms with Crippen LogP contribution in [0.2, 0.25) is 0 Å². The lowest BCUT2D eigenvalue weighted by Gasteiger charge is -2.43. The molecular weight excluding hydrogens is 526 g/mol. The molecule has 0 radical (unpaired) electrons. The van der Waals surface area contributed by atoms with E-state index in [1.54, 1.807) is 26.0 Å². The fourth-order valence-corrected chi connectivity index (χ4v) is 6.17. The van der Waals surface area contributed by atoms with Crippen LogP contribution in [0.3, 0.4) is 0 Å². The maximum atomic E-state index is 14.9. The summed E-state index contributed by atoms with van der Waals surface area (Å²) in [4.78, 5) is 13.5. The molecule has 2 aromatic rings. The number of aromatic nitrogens is 2. The summed E-state index contributed by atoms with van der Waals surface area (Å²) in [5, 5.41) is 23.3. The van der Waals surface area contributed by atoms with E-state index in [0.29, 0.717) is 29.5 Å². The molecule has 0 amide bonds. The molecule has 0 unspecified atom stereocenters. The van der Waals surface area contributed by atoms with E-state index in [0.717, 1.165) is 30.4 Å². The van der Waals surface area contributed by atoms with E-state index in [2.05, 4.69) is 11.2 Å². The maximum Gasteiger partial charge on any atom is 0.435 e. The van der Waals surface area contributed by atoms with Gasteiger partial charge in [-0.3, -0.25) is 4.68 Å². The van der Waals surface area contributed by atoms with Crippen LogP contribution in [0.15, 0.2) is 29.3 Å². The average molecular weight is 562 g/mol. The molecule has 40 heavy (non-hydrogen) atoms. The summed E-state index contributed by atoms with van der Waals surface area (Å²) in [6.45, 7) is 4.32. The number of aliphatic hydroxyl groups excluding tert-OH is 1. The SMILES string of the molecule is Cc1c(CC2=C(CO)C[C@](CCc3ccc(C(C)(C)C#N)c(F)c3)(C3CCCC3)OC2=O)c(C(F)(F)F)nn1C.